The summed E-state index contributed by atoms with van der Waals surface area (Å²) in [5.41, 5.74) is -1.57. The van der Waals surface area contributed by atoms with E-state index in [0.717, 1.165) is 19.9 Å². The first kappa shape index (κ1) is 23.7. The summed E-state index contributed by atoms with van der Waals surface area (Å²) < 4.78 is 47.7. The van der Waals surface area contributed by atoms with Crippen molar-refractivity contribution in [1.29, 1.82) is 0 Å². The number of rotatable bonds is 5. The Morgan fingerprint density at radius 2 is 1.71 bits per heavy atom. The van der Waals surface area contributed by atoms with Gasteiger partial charge in [0.05, 0.1) is 28.2 Å². The molecule has 7 nitrogen and oxygen atoms in total. The predicted octanol–water partition coefficient (Wildman–Crippen LogP) is 4.30. The minimum Gasteiger partial charge on any atom is -0.384 e. The molecule has 4 aromatic rings. The van der Waals surface area contributed by atoms with Crippen molar-refractivity contribution in [2.24, 2.45) is 14.1 Å². The van der Waals surface area contributed by atoms with E-state index >= 15 is 4.39 Å². The Bertz CT molecular complexity index is 1480. The van der Waals surface area contributed by atoms with E-state index in [1.54, 1.807) is 40.1 Å². The van der Waals surface area contributed by atoms with Gasteiger partial charge in [0.25, 0.3) is 0 Å². The van der Waals surface area contributed by atoms with Crippen LogP contribution in [0.5, 0.6) is 0 Å². The third kappa shape index (κ3) is 3.62. The van der Waals surface area contributed by atoms with Crippen molar-refractivity contribution in [2.45, 2.75) is 45.3 Å². The Hall–Kier alpha value is -3.40. The van der Waals surface area contributed by atoms with Crippen LogP contribution in [0.4, 0.5) is 19.0 Å². The molecular weight excluding hydrogens is 447 g/mol. The van der Waals surface area contributed by atoms with Gasteiger partial charge in [-0.1, -0.05) is 12.1 Å². The first-order valence-corrected chi connectivity index (χ1v) is 10.7. The SMILES string of the molecule is Cc1nc(N[C@H](C)c2cccc(C(F)(F)C(C)(C)O)c2F)c2cc3c(cc2n1)n(C)c(=O)n3C. The smallest absolute Gasteiger partial charge is 0.328 e. The molecule has 0 aliphatic carbocycles. The normalized spacial score (nSPS) is 13.6. The number of benzene rings is 2. The summed E-state index contributed by atoms with van der Waals surface area (Å²) in [7, 11) is 3.33. The van der Waals surface area contributed by atoms with E-state index in [1.807, 2.05) is 0 Å². The first-order chi connectivity index (χ1) is 15.7. The average Bonchev–Trinajstić information content (AvgIpc) is 2.95. The van der Waals surface area contributed by atoms with Crippen LogP contribution in [-0.4, -0.2) is 29.8 Å². The van der Waals surface area contributed by atoms with Crippen LogP contribution in [0.1, 0.15) is 43.8 Å². The van der Waals surface area contributed by atoms with Crippen molar-refractivity contribution in [1.82, 2.24) is 19.1 Å². The molecule has 0 radical (unpaired) electrons. The highest BCUT2D eigenvalue weighted by molar-refractivity contribution is 5.99. The van der Waals surface area contributed by atoms with E-state index in [0.29, 0.717) is 33.6 Å². The highest BCUT2D eigenvalue weighted by Gasteiger charge is 2.49. The minimum atomic E-state index is -3.80. The summed E-state index contributed by atoms with van der Waals surface area (Å²) >= 11 is 0. The van der Waals surface area contributed by atoms with Gasteiger partial charge < -0.3 is 10.4 Å². The van der Waals surface area contributed by atoms with Gasteiger partial charge in [-0.25, -0.2) is 19.2 Å². The van der Waals surface area contributed by atoms with E-state index < -0.39 is 28.9 Å². The molecule has 0 fully saturated rings. The Morgan fingerprint density at radius 3 is 2.32 bits per heavy atom. The molecule has 180 valence electrons. The molecule has 2 heterocycles. The maximum absolute atomic E-state index is 15.2. The number of hydrogen-bond acceptors (Lipinski definition) is 5. The summed E-state index contributed by atoms with van der Waals surface area (Å²) in [5.74, 6) is -4.07. The van der Waals surface area contributed by atoms with E-state index in [9.17, 15) is 18.7 Å². The molecule has 0 spiro atoms. The topological polar surface area (TPSA) is 85.0 Å². The van der Waals surface area contributed by atoms with Crippen molar-refractivity contribution < 1.29 is 18.3 Å². The lowest BCUT2D eigenvalue weighted by Crippen LogP contribution is -2.41. The molecule has 0 bridgehead atoms. The van der Waals surface area contributed by atoms with Gasteiger partial charge >= 0.3 is 11.6 Å². The number of halogens is 3. The molecule has 10 heteroatoms. The fourth-order valence-corrected chi connectivity index (χ4v) is 4.09. The Morgan fingerprint density at radius 1 is 1.09 bits per heavy atom. The van der Waals surface area contributed by atoms with Crippen molar-refractivity contribution in [3.8, 4) is 0 Å². The van der Waals surface area contributed by atoms with Crippen LogP contribution in [-0.2, 0) is 20.0 Å². The Kier molecular flexibility index (Phi) is 5.47. The maximum Gasteiger partial charge on any atom is 0.328 e. The predicted molar refractivity (Wildman–Crippen MR) is 125 cm³/mol. The van der Waals surface area contributed by atoms with Crippen LogP contribution in [0, 0.1) is 12.7 Å². The summed E-state index contributed by atoms with van der Waals surface area (Å²) in [5, 5.41) is 13.6. The number of hydrogen-bond donors (Lipinski definition) is 2. The van der Waals surface area contributed by atoms with Gasteiger partial charge in [0.1, 0.15) is 23.1 Å². The number of aromatic nitrogens is 4. The van der Waals surface area contributed by atoms with Crippen LogP contribution < -0.4 is 11.0 Å². The van der Waals surface area contributed by atoms with Gasteiger partial charge in [-0.3, -0.25) is 9.13 Å². The zero-order chi connectivity index (χ0) is 25.2. The standard InChI is InChI=1S/C24H26F3N5O2/c1-12(14-8-7-9-16(20(14)25)24(26,27)23(3,4)34)28-21-15-10-18-19(32(6)22(33)31(18)5)11-17(15)29-13(2)30-21/h7-12,34H,1-6H3,(H,28,29,30)/t12-/m1/s1. The number of imidazole rings is 1. The molecular formula is C24H26F3N5O2. The molecule has 1 atom stereocenters. The lowest BCUT2D eigenvalue weighted by Gasteiger charge is -2.30. The van der Waals surface area contributed by atoms with Crippen molar-refractivity contribution in [3.05, 3.63) is 63.6 Å². The second-order valence-corrected chi connectivity index (χ2v) is 9.09. The first-order valence-electron chi connectivity index (χ1n) is 10.7. The fraction of sp³-hybridized carbons (Fsp3) is 0.375. The molecule has 2 N–H and O–H groups in total. The van der Waals surface area contributed by atoms with E-state index in [1.165, 1.54) is 21.3 Å². The highest BCUT2D eigenvalue weighted by atomic mass is 19.3. The van der Waals surface area contributed by atoms with Gasteiger partial charge in [0.2, 0.25) is 0 Å². The van der Waals surface area contributed by atoms with Gasteiger partial charge in [-0.15, -0.1) is 0 Å². The number of alkyl halides is 2. The Labute approximate surface area is 193 Å². The summed E-state index contributed by atoms with van der Waals surface area (Å²) in [6, 6.07) is 6.52. The van der Waals surface area contributed by atoms with Crippen molar-refractivity contribution in [2.75, 3.05) is 5.32 Å². The minimum absolute atomic E-state index is 0.000899. The summed E-state index contributed by atoms with van der Waals surface area (Å²) in [4.78, 5) is 21.3. The number of aryl methyl sites for hydroxylation is 3. The number of fused-ring (bicyclic) bond motifs is 2. The van der Waals surface area contributed by atoms with Gasteiger partial charge in [0.15, 0.2) is 0 Å². The summed E-state index contributed by atoms with van der Waals surface area (Å²) in [6.07, 6.45) is 0. The molecule has 0 saturated carbocycles. The lowest BCUT2D eigenvalue weighted by molar-refractivity contribution is -0.170. The van der Waals surface area contributed by atoms with E-state index in [4.69, 9.17) is 0 Å². The van der Waals surface area contributed by atoms with Crippen LogP contribution >= 0.6 is 0 Å². The van der Waals surface area contributed by atoms with Crippen LogP contribution in [0.25, 0.3) is 21.9 Å². The van der Waals surface area contributed by atoms with Crippen LogP contribution in [0.3, 0.4) is 0 Å². The average molecular weight is 473 g/mol. The number of nitrogens with one attached hydrogen (secondary N) is 1. The fourth-order valence-electron chi connectivity index (χ4n) is 4.09. The third-order valence-corrected chi connectivity index (χ3v) is 6.16. The number of anilines is 1. The van der Waals surface area contributed by atoms with E-state index in [2.05, 4.69) is 15.3 Å². The molecule has 0 unspecified atom stereocenters. The van der Waals surface area contributed by atoms with E-state index in [-0.39, 0.29) is 11.3 Å². The second-order valence-electron chi connectivity index (χ2n) is 9.09. The highest BCUT2D eigenvalue weighted by Crippen LogP contribution is 2.41. The van der Waals surface area contributed by atoms with Crippen molar-refractivity contribution in [3.63, 3.8) is 0 Å². The zero-order valence-corrected chi connectivity index (χ0v) is 19.7. The largest absolute Gasteiger partial charge is 0.384 e. The molecule has 2 aromatic carbocycles. The molecule has 0 amide bonds. The molecule has 34 heavy (non-hydrogen) atoms. The van der Waals surface area contributed by atoms with Crippen molar-refractivity contribution >= 4 is 27.8 Å². The molecule has 0 saturated heterocycles. The van der Waals surface area contributed by atoms with Gasteiger partial charge in [0, 0.05) is 25.0 Å². The quantitative estimate of drug-likeness (QED) is 0.451. The zero-order valence-electron chi connectivity index (χ0n) is 19.7. The number of nitrogens with zero attached hydrogens (tertiary/aromatic N) is 4. The molecule has 0 aliphatic heterocycles. The lowest BCUT2D eigenvalue weighted by atomic mass is 9.91. The van der Waals surface area contributed by atoms with Crippen LogP contribution in [0.2, 0.25) is 0 Å². The molecule has 0 aliphatic rings. The second kappa shape index (κ2) is 7.83. The molecule has 4 rings (SSSR count). The Balaban J connectivity index is 1.82. The van der Waals surface area contributed by atoms with Crippen LogP contribution in [0.15, 0.2) is 35.1 Å². The third-order valence-electron chi connectivity index (χ3n) is 6.16. The monoisotopic (exact) mass is 473 g/mol. The maximum atomic E-state index is 15.2. The summed E-state index contributed by atoms with van der Waals surface area (Å²) in [6.45, 7) is 5.21. The van der Waals surface area contributed by atoms with Gasteiger partial charge in [-0.05, 0) is 45.9 Å². The number of aliphatic hydroxyl groups is 1. The molecule has 2 aromatic heterocycles. The van der Waals surface area contributed by atoms with Gasteiger partial charge in [-0.2, -0.15) is 8.78 Å².